The summed E-state index contributed by atoms with van der Waals surface area (Å²) in [5.41, 5.74) is 0.149. The molecule has 5 nitrogen and oxygen atoms in total. The van der Waals surface area contributed by atoms with E-state index in [9.17, 15) is 8.78 Å². The van der Waals surface area contributed by atoms with E-state index in [-0.39, 0.29) is 17.1 Å². The van der Waals surface area contributed by atoms with Crippen molar-refractivity contribution >= 4 is 0 Å². The molecule has 0 saturated heterocycles. The second-order valence-corrected chi connectivity index (χ2v) is 5.45. The molecule has 1 N–H and O–H groups in total. The summed E-state index contributed by atoms with van der Waals surface area (Å²) < 4.78 is 27.7. The van der Waals surface area contributed by atoms with E-state index >= 15 is 0 Å². The van der Waals surface area contributed by atoms with Crippen molar-refractivity contribution in [3.8, 4) is 5.82 Å². The Bertz CT molecular complexity index is 560. The highest BCUT2D eigenvalue weighted by molar-refractivity contribution is 5.28. The Kier molecular flexibility index (Phi) is 4.08. The van der Waals surface area contributed by atoms with Gasteiger partial charge in [-0.15, -0.1) is 5.10 Å². The third-order valence-electron chi connectivity index (χ3n) is 2.68. The Morgan fingerprint density at radius 3 is 2.65 bits per heavy atom. The van der Waals surface area contributed by atoms with E-state index in [1.54, 1.807) is 12.1 Å². The number of alkyl halides is 2. The van der Waals surface area contributed by atoms with Crippen LogP contribution in [0.1, 0.15) is 38.5 Å². The number of hydrogen-bond donors (Lipinski definition) is 1. The van der Waals surface area contributed by atoms with Crippen LogP contribution in [-0.4, -0.2) is 25.5 Å². The summed E-state index contributed by atoms with van der Waals surface area (Å²) in [5, 5.41) is 14.7. The Balaban J connectivity index is 2.34. The Morgan fingerprint density at radius 1 is 1.35 bits per heavy atom. The van der Waals surface area contributed by atoms with Gasteiger partial charge in [0.15, 0.2) is 5.82 Å². The molecule has 2 rings (SSSR count). The van der Waals surface area contributed by atoms with Gasteiger partial charge in [-0.25, -0.2) is 13.5 Å². The molecule has 7 heteroatoms. The molecule has 2 aromatic rings. The fraction of sp³-hybridized carbons (Fsp3) is 0.462. The zero-order chi connectivity index (χ0) is 14.8. The summed E-state index contributed by atoms with van der Waals surface area (Å²) in [6.07, 6.45) is 0.294. The summed E-state index contributed by atoms with van der Waals surface area (Å²) in [4.78, 5) is 0. The maximum absolute atomic E-state index is 13.3. The molecule has 2 heterocycles. The first-order chi connectivity index (χ1) is 9.38. The van der Waals surface area contributed by atoms with E-state index in [1.807, 2.05) is 20.8 Å². The van der Waals surface area contributed by atoms with Crippen LogP contribution in [0.2, 0.25) is 0 Å². The Morgan fingerprint density at radius 2 is 2.10 bits per heavy atom. The van der Waals surface area contributed by atoms with Crippen LogP contribution in [0.5, 0.6) is 0 Å². The fourth-order valence-corrected chi connectivity index (χ4v) is 1.71. The van der Waals surface area contributed by atoms with Crippen molar-refractivity contribution < 1.29 is 8.78 Å². The molecular formula is C13H17F2N5. The molecule has 0 aliphatic carbocycles. The summed E-state index contributed by atoms with van der Waals surface area (Å²) in [6.45, 7) is 6.25. The van der Waals surface area contributed by atoms with Crippen molar-refractivity contribution in [2.75, 3.05) is 0 Å². The van der Waals surface area contributed by atoms with E-state index in [1.165, 1.54) is 12.4 Å². The van der Waals surface area contributed by atoms with Gasteiger partial charge >= 0.3 is 0 Å². The molecule has 0 bridgehead atoms. The highest BCUT2D eigenvalue weighted by Crippen LogP contribution is 2.25. The van der Waals surface area contributed by atoms with Crippen molar-refractivity contribution in [3.63, 3.8) is 0 Å². The van der Waals surface area contributed by atoms with Crippen LogP contribution in [-0.2, 0) is 6.54 Å². The van der Waals surface area contributed by atoms with Gasteiger partial charge in [0.25, 0.3) is 6.43 Å². The minimum atomic E-state index is -2.63. The van der Waals surface area contributed by atoms with Crippen LogP contribution in [0.25, 0.3) is 5.82 Å². The first-order valence-corrected chi connectivity index (χ1v) is 6.26. The van der Waals surface area contributed by atoms with Crippen LogP contribution in [0.15, 0.2) is 24.5 Å². The van der Waals surface area contributed by atoms with Crippen molar-refractivity contribution in [1.29, 1.82) is 0 Å². The third kappa shape index (κ3) is 3.36. The Labute approximate surface area is 116 Å². The van der Waals surface area contributed by atoms with E-state index in [2.05, 4.69) is 20.6 Å². The Hall–Kier alpha value is -1.89. The minimum Gasteiger partial charge on any atom is -0.308 e. The first-order valence-electron chi connectivity index (χ1n) is 6.26. The van der Waals surface area contributed by atoms with E-state index in [0.29, 0.717) is 12.1 Å². The lowest BCUT2D eigenvalue weighted by atomic mass is 10.1. The highest BCUT2D eigenvalue weighted by atomic mass is 19.3. The van der Waals surface area contributed by atoms with Gasteiger partial charge in [-0.2, -0.15) is 10.2 Å². The molecule has 0 saturated carbocycles. The van der Waals surface area contributed by atoms with Crippen molar-refractivity contribution in [3.05, 3.63) is 35.8 Å². The van der Waals surface area contributed by atoms with Gasteiger partial charge in [-0.3, -0.25) is 0 Å². The van der Waals surface area contributed by atoms with Crippen molar-refractivity contribution in [2.45, 2.75) is 39.3 Å². The normalized spacial score (nSPS) is 12.1. The molecule has 20 heavy (non-hydrogen) atoms. The van der Waals surface area contributed by atoms with Gasteiger partial charge in [0.1, 0.15) is 5.69 Å². The molecule has 0 radical (unpaired) electrons. The predicted molar refractivity (Wildman–Crippen MR) is 70.7 cm³/mol. The van der Waals surface area contributed by atoms with Gasteiger partial charge in [0.2, 0.25) is 0 Å². The second-order valence-electron chi connectivity index (χ2n) is 5.45. The lowest BCUT2D eigenvalue weighted by Crippen LogP contribution is -2.35. The van der Waals surface area contributed by atoms with E-state index < -0.39 is 6.43 Å². The first kappa shape index (κ1) is 14.5. The molecular weight excluding hydrogens is 264 g/mol. The lowest BCUT2D eigenvalue weighted by molar-refractivity contribution is 0.141. The van der Waals surface area contributed by atoms with Gasteiger partial charge in [-0.05, 0) is 32.9 Å². The second kappa shape index (κ2) is 5.62. The van der Waals surface area contributed by atoms with Crippen LogP contribution >= 0.6 is 0 Å². The zero-order valence-corrected chi connectivity index (χ0v) is 11.6. The molecule has 0 aromatic carbocycles. The molecule has 0 fully saturated rings. The standard InChI is InChI=1S/C13H17F2N5/c1-13(2,3)16-7-9-8-18-20(11(9)12(14)15)10-5-4-6-17-19-10/h4-6,8,12,16H,7H2,1-3H3. The predicted octanol–water partition coefficient (Wildman–Crippen LogP) is 2.49. The average Bonchev–Trinajstić information content (AvgIpc) is 2.80. The SMILES string of the molecule is CC(C)(C)NCc1cnn(-c2cccnn2)c1C(F)F. The number of halogens is 2. The van der Waals surface area contributed by atoms with Crippen molar-refractivity contribution in [2.24, 2.45) is 0 Å². The third-order valence-corrected chi connectivity index (χ3v) is 2.68. The van der Waals surface area contributed by atoms with Gasteiger partial charge in [-0.1, -0.05) is 0 Å². The number of nitrogens with one attached hydrogen (secondary N) is 1. The molecule has 0 amide bonds. The lowest BCUT2D eigenvalue weighted by Gasteiger charge is -2.20. The molecule has 0 spiro atoms. The molecule has 0 aliphatic rings. The molecule has 0 unspecified atom stereocenters. The maximum atomic E-state index is 13.3. The van der Waals surface area contributed by atoms with Gasteiger partial charge < -0.3 is 5.32 Å². The van der Waals surface area contributed by atoms with E-state index in [4.69, 9.17) is 0 Å². The fourth-order valence-electron chi connectivity index (χ4n) is 1.71. The largest absolute Gasteiger partial charge is 0.308 e. The van der Waals surface area contributed by atoms with Crippen LogP contribution in [0, 0.1) is 0 Å². The van der Waals surface area contributed by atoms with Crippen LogP contribution in [0.4, 0.5) is 8.78 Å². The number of nitrogens with zero attached hydrogens (tertiary/aromatic N) is 4. The van der Waals surface area contributed by atoms with Crippen LogP contribution in [0.3, 0.4) is 0 Å². The minimum absolute atomic E-state index is 0.151. The quantitative estimate of drug-likeness (QED) is 0.935. The summed E-state index contributed by atoms with van der Waals surface area (Å²) in [6, 6.07) is 3.22. The average molecular weight is 281 g/mol. The molecule has 0 atom stereocenters. The smallest absolute Gasteiger partial charge is 0.280 e. The molecule has 0 aliphatic heterocycles. The molecule has 2 aromatic heterocycles. The molecule has 108 valence electrons. The monoisotopic (exact) mass is 281 g/mol. The zero-order valence-electron chi connectivity index (χ0n) is 11.6. The van der Waals surface area contributed by atoms with Gasteiger partial charge in [0.05, 0.1) is 6.20 Å². The topological polar surface area (TPSA) is 55.6 Å². The van der Waals surface area contributed by atoms with Crippen LogP contribution < -0.4 is 5.32 Å². The maximum Gasteiger partial charge on any atom is 0.280 e. The highest BCUT2D eigenvalue weighted by Gasteiger charge is 2.22. The van der Waals surface area contributed by atoms with E-state index in [0.717, 1.165) is 4.68 Å². The van der Waals surface area contributed by atoms with Crippen molar-refractivity contribution in [1.82, 2.24) is 25.3 Å². The number of aromatic nitrogens is 4. The number of hydrogen-bond acceptors (Lipinski definition) is 4. The summed E-state index contributed by atoms with van der Waals surface area (Å²) in [7, 11) is 0. The van der Waals surface area contributed by atoms with Gasteiger partial charge in [0, 0.05) is 23.8 Å². The number of rotatable bonds is 4. The summed E-state index contributed by atoms with van der Waals surface area (Å²) in [5.74, 6) is 0.282. The summed E-state index contributed by atoms with van der Waals surface area (Å²) >= 11 is 0.